The van der Waals surface area contributed by atoms with Crippen LogP contribution in [0.2, 0.25) is 0 Å². The Morgan fingerprint density at radius 1 is 1.31 bits per heavy atom. The minimum Gasteiger partial charge on any atom is -0.444 e. The molecule has 0 aromatic heterocycles. The molecular formula is C20H32N4O2. The lowest BCUT2D eigenvalue weighted by molar-refractivity contribution is 0.0507. The van der Waals surface area contributed by atoms with E-state index in [1.54, 1.807) is 7.05 Å². The van der Waals surface area contributed by atoms with Crippen LogP contribution in [0.3, 0.4) is 0 Å². The van der Waals surface area contributed by atoms with Crippen LogP contribution in [0.1, 0.15) is 45.2 Å². The van der Waals surface area contributed by atoms with Gasteiger partial charge in [-0.3, -0.25) is 4.99 Å². The molecule has 1 aromatic rings. The average Bonchev–Trinajstić information content (AvgIpc) is 3.02. The second kappa shape index (κ2) is 8.92. The molecule has 1 unspecified atom stereocenters. The number of guanidine groups is 1. The predicted octanol–water partition coefficient (Wildman–Crippen LogP) is 2.92. The minimum absolute atomic E-state index is 0.0753. The van der Waals surface area contributed by atoms with E-state index in [4.69, 9.17) is 4.74 Å². The summed E-state index contributed by atoms with van der Waals surface area (Å²) in [5.74, 6) is 0.865. The zero-order valence-corrected chi connectivity index (χ0v) is 16.6. The number of aliphatic imine (C=N–C) groups is 1. The molecule has 0 spiro atoms. The van der Waals surface area contributed by atoms with Crippen LogP contribution in [-0.4, -0.2) is 48.7 Å². The number of nitrogens with one attached hydrogen (secondary N) is 2. The molecule has 1 saturated heterocycles. The van der Waals surface area contributed by atoms with E-state index in [0.717, 1.165) is 38.4 Å². The number of rotatable bonds is 4. The van der Waals surface area contributed by atoms with E-state index in [9.17, 15) is 4.79 Å². The Morgan fingerprint density at radius 3 is 2.62 bits per heavy atom. The fourth-order valence-corrected chi connectivity index (χ4v) is 3.13. The third-order valence-corrected chi connectivity index (χ3v) is 4.36. The van der Waals surface area contributed by atoms with Crippen molar-refractivity contribution in [3.63, 3.8) is 0 Å². The monoisotopic (exact) mass is 360 g/mol. The third-order valence-electron chi connectivity index (χ3n) is 4.36. The average molecular weight is 361 g/mol. The first-order valence-corrected chi connectivity index (χ1v) is 9.34. The number of carbonyl (C=O) groups excluding carboxylic acids is 1. The lowest BCUT2D eigenvalue weighted by Gasteiger charge is -2.23. The van der Waals surface area contributed by atoms with Gasteiger partial charge in [0, 0.05) is 26.7 Å². The van der Waals surface area contributed by atoms with Gasteiger partial charge in [-0.05, 0) is 44.7 Å². The van der Waals surface area contributed by atoms with Gasteiger partial charge in [0.2, 0.25) is 0 Å². The molecule has 0 aliphatic carbocycles. The van der Waals surface area contributed by atoms with Gasteiger partial charge >= 0.3 is 6.09 Å². The van der Waals surface area contributed by atoms with Crippen LogP contribution in [0.15, 0.2) is 29.3 Å². The van der Waals surface area contributed by atoms with Gasteiger partial charge in [-0.15, -0.1) is 0 Å². The van der Waals surface area contributed by atoms with E-state index in [0.29, 0.717) is 0 Å². The van der Waals surface area contributed by atoms with Crippen LogP contribution in [0.25, 0.3) is 0 Å². The normalized spacial score (nSPS) is 18.0. The van der Waals surface area contributed by atoms with Gasteiger partial charge < -0.3 is 20.3 Å². The Labute approximate surface area is 157 Å². The van der Waals surface area contributed by atoms with Crippen LogP contribution in [0, 0.1) is 0 Å². The van der Waals surface area contributed by atoms with Crippen molar-refractivity contribution in [1.29, 1.82) is 0 Å². The molecule has 2 rings (SSSR count). The lowest BCUT2D eigenvalue weighted by Crippen LogP contribution is -2.44. The molecule has 1 fully saturated rings. The zero-order chi connectivity index (χ0) is 19.2. The summed E-state index contributed by atoms with van der Waals surface area (Å²) in [6.45, 7) is 10.1. The zero-order valence-electron chi connectivity index (χ0n) is 16.6. The number of hydrogen-bond donors (Lipinski definition) is 2. The highest BCUT2D eigenvalue weighted by molar-refractivity contribution is 5.80. The summed E-state index contributed by atoms with van der Waals surface area (Å²) in [6, 6.07) is 8.53. The number of alkyl carbamates (subject to hydrolysis) is 1. The van der Waals surface area contributed by atoms with E-state index in [2.05, 4.69) is 51.7 Å². The molecule has 6 nitrogen and oxygen atoms in total. The van der Waals surface area contributed by atoms with Crippen molar-refractivity contribution in [1.82, 2.24) is 15.5 Å². The Hall–Kier alpha value is -2.24. The molecule has 6 heteroatoms. The van der Waals surface area contributed by atoms with E-state index >= 15 is 0 Å². The molecule has 0 saturated carbocycles. The molecule has 1 aliphatic rings. The second-order valence-electron chi connectivity index (χ2n) is 7.60. The predicted molar refractivity (Wildman–Crippen MR) is 105 cm³/mol. The summed E-state index contributed by atoms with van der Waals surface area (Å²) in [7, 11) is 1.79. The van der Waals surface area contributed by atoms with E-state index < -0.39 is 5.60 Å². The van der Waals surface area contributed by atoms with E-state index in [1.807, 2.05) is 20.8 Å². The highest BCUT2D eigenvalue weighted by atomic mass is 16.6. The first kappa shape index (κ1) is 20.1. The van der Waals surface area contributed by atoms with E-state index in [1.165, 1.54) is 11.1 Å². The van der Waals surface area contributed by atoms with Crippen molar-refractivity contribution in [2.24, 2.45) is 4.99 Å². The first-order valence-electron chi connectivity index (χ1n) is 9.34. The maximum atomic E-state index is 11.9. The number of nitrogens with zero attached hydrogens (tertiary/aromatic N) is 2. The summed E-state index contributed by atoms with van der Waals surface area (Å²) in [6.07, 6.45) is 1.54. The molecule has 0 bridgehead atoms. The number of ether oxygens (including phenoxy) is 1. The maximum Gasteiger partial charge on any atom is 0.407 e. The standard InChI is InChI=1S/C20H32N4O2/c1-6-15-9-7-8-10-16(15)13-22-18(21-5)24-12-11-17(14-24)23-19(25)26-20(2,3)4/h7-10,17H,6,11-14H2,1-5H3,(H,21,22)(H,23,25). The fraction of sp³-hybridized carbons (Fsp3) is 0.600. The van der Waals surface area contributed by atoms with Gasteiger partial charge in [-0.25, -0.2) is 4.79 Å². The molecule has 0 radical (unpaired) electrons. The van der Waals surface area contributed by atoms with Crippen molar-refractivity contribution in [3.8, 4) is 0 Å². The summed E-state index contributed by atoms with van der Waals surface area (Å²) in [4.78, 5) is 18.5. The SMILES string of the molecule is CCc1ccccc1CNC(=NC)N1CCC(NC(=O)OC(C)(C)C)C1. The largest absolute Gasteiger partial charge is 0.444 e. The van der Waals surface area contributed by atoms with Gasteiger partial charge in [0.1, 0.15) is 5.60 Å². The van der Waals surface area contributed by atoms with Gasteiger partial charge in [-0.2, -0.15) is 0 Å². The number of benzene rings is 1. The fourth-order valence-electron chi connectivity index (χ4n) is 3.13. The number of carbonyl (C=O) groups is 1. The Kier molecular flexibility index (Phi) is 6.89. The molecule has 1 amide bonds. The third kappa shape index (κ3) is 5.93. The number of amides is 1. The minimum atomic E-state index is -0.480. The van der Waals surface area contributed by atoms with Gasteiger partial charge in [0.15, 0.2) is 5.96 Å². The maximum absolute atomic E-state index is 11.9. The Morgan fingerprint density at radius 2 is 2.00 bits per heavy atom. The topological polar surface area (TPSA) is 66.0 Å². The molecule has 1 aliphatic heterocycles. The highest BCUT2D eigenvalue weighted by Gasteiger charge is 2.27. The molecule has 1 aromatic carbocycles. The van der Waals surface area contributed by atoms with Crippen LogP contribution in [-0.2, 0) is 17.7 Å². The summed E-state index contributed by atoms with van der Waals surface area (Å²) in [5.41, 5.74) is 2.16. The first-order chi connectivity index (χ1) is 12.3. The van der Waals surface area contributed by atoms with Crippen molar-refractivity contribution in [3.05, 3.63) is 35.4 Å². The number of likely N-dealkylation sites (tertiary alicyclic amines) is 1. The molecule has 144 valence electrons. The van der Waals surface area contributed by atoms with Crippen molar-refractivity contribution < 1.29 is 9.53 Å². The summed E-state index contributed by atoms with van der Waals surface area (Å²) < 4.78 is 5.34. The lowest BCUT2D eigenvalue weighted by atomic mass is 10.1. The van der Waals surface area contributed by atoms with Crippen LogP contribution in [0.4, 0.5) is 4.79 Å². The number of aryl methyl sites for hydroxylation is 1. The molecule has 2 N–H and O–H groups in total. The van der Waals surface area contributed by atoms with Crippen molar-refractivity contribution in [2.45, 2.75) is 58.7 Å². The van der Waals surface area contributed by atoms with Crippen molar-refractivity contribution >= 4 is 12.1 Å². The quantitative estimate of drug-likeness (QED) is 0.640. The van der Waals surface area contributed by atoms with Crippen LogP contribution in [0.5, 0.6) is 0 Å². The molecular weight excluding hydrogens is 328 g/mol. The van der Waals surface area contributed by atoms with E-state index in [-0.39, 0.29) is 12.1 Å². The molecule has 1 atom stereocenters. The van der Waals surface area contributed by atoms with Crippen LogP contribution >= 0.6 is 0 Å². The van der Waals surface area contributed by atoms with Crippen LogP contribution < -0.4 is 10.6 Å². The summed E-state index contributed by atoms with van der Waals surface area (Å²) in [5, 5.41) is 6.40. The molecule has 1 heterocycles. The second-order valence-corrected chi connectivity index (χ2v) is 7.60. The van der Waals surface area contributed by atoms with Gasteiger partial charge in [0.05, 0.1) is 6.04 Å². The smallest absolute Gasteiger partial charge is 0.407 e. The van der Waals surface area contributed by atoms with Gasteiger partial charge in [-0.1, -0.05) is 31.2 Å². The van der Waals surface area contributed by atoms with Crippen molar-refractivity contribution in [2.75, 3.05) is 20.1 Å². The van der Waals surface area contributed by atoms with Gasteiger partial charge in [0.25, 0.3) is 0 Å². The molecule has 26 heavy (non-hydrogen) atoms. The summed E-state index contributed by atoms with van der Waals surface area (Å²) >= 11 is 0. The number of hydrogen-bond acceptors (Lipinski definition) is 3. The Bertz CT molecular complexity index is 637. The highest BCUT2D eigenvalue weighted by Crippen LogP contribution is 2.13. The Balaban J connectivity index is 1.86.